The van der Waals surface area contributed by atoms with E-state index >= 15 is 0 Å². The molecule has 0 aromatic carbocycles. The van der Waals surface area contributed by atoms with Crippen molar-refractivity contribution in [1.29, 1.82) is 0 Å². The van der Waals surface area contributed by atoms with Crippen LogP contribution in [0.4, 0.5) is 0 Å². The number of methoxy groups -OCH3 is 1. The van der Waals surface area contributed by atoms with Crippen molar-refractivity contribution in [3.8, 4) is 0 Å². The van der Waals surface area contributed by atoms with Crippen LogP contribution < -0.4 is 0 Å². The maximum atomic E-state index is 5.08. The summed E-state index contributed by atoms with van der Waals surface area (Å²) in [5, 5.41) is 0. The standard InChI is InChI=1S/C6H12OS/c1-7-6-2-5(3-6)4-8/h5-6,8H,2-4H2,1H3. The van der Waals surface area contributed by atoms with Gasteiger partial charge in [-0.3, -0.25) is 0 Å². The van der Waals surface area contributed by atoms with E-state index in [-0.39, 0.29) is 0 Å². The van der Waals surface area contributed by atoms with Crippen molar-refractivity contribution in [3.63, 3.8) is 0 Å². The lowest BCUT2D eigenvalue weighted by Crippen LogP contribution is -2.31. The quantitative estimate of drug-likeness (QED) is 0.558. The lowest BCUT2D eigenvalue weighted by atomic mass is 9.84. The molecule has 1 rings (SSSR count). The number of ether oxygens (including phenoxy) is 1. The largest absolute Gasteiger partial charge is 0.381 e. The minimum Gasteiger partial charge on any atom is -0.381 e. The van der Waals surface area contributed by atoms with Gasteiger partial charge in [0, 0.05) is 7.11 Å². The van der Waals surface area contributed by atoms with Crippen molar-refractivity contribution in [2.75, 3.05) is 12.9 Å². The Hall–Kier alpha value is 0.310. The number of rotatable bonds is 2. The van der Waals surface area contributed by atoms with Gasteiger partial charge in [-0.15, -0.1) is 0 Å². The van der Waals surface area contributed by atoms with E-state index in [1.165, 1.54) is 12.8 Å². The van der Waals surface area contributed by atoms with Gasteiger partial charge in [0.25, 0.3) is 0 Å². The molecular weight excluding hydrogens is 120 g/mol. The summed E-state index contributed by atoms with van der Waals surface area (Å²) in [6.07, 6.45) is 2.99. The second-order valence-corrected chi connectivity index (χ2v) is 2.74. The van der Waals surface area contributed by atoms with E-state index in [9.17, 15) is 0 Å². The molecule has 0 aromatic rings. The van der Waals surface area contributed by atoms with Crippen LogP contribution in [0.3, 0.4) is 0 Å². The van der Waals surface area contributed by atoms with Crippen LogP contribution in [0.1, 0.15) is 12.8 Å². The molecule has 0 heterocycles. The zero-order valence-electron chi connectivity index (χ0n) is 5.13. The van der Waals surface area contributed by atoms with E-state index in [0.717, 1.165) is 11.7 Å². The SMILES string of the molecule is COC1CC(CS)C1. The second kappa shape index (κ2) is 2.74. The van der Waals surface area contributed by atoms with Crippen LogP contribution in [0.5, 0.6) is 0 Å². The van der Waals surface area contributed by atoms with E-state index in [4.69, 9.17) is 4.74 Å². The molecule has 2 heteroatoms. The number of hydrogen-bond donors (Lipinski definition) is 1. The second-order valence-electron chi connectivity index (χ2n) is 2.38. The highest BCUT2D eigenvalue weighted by Crippen LogP contribution is 2.29. The Balaban J connectivity index is 2.03. The van der Waals surface area contributed by atoms with Crippen LogP contribution in [0.25, 0.3) is 0 Å². The molecule has 0 atom stereocenters. The fraction of sp³-hybridized carbons (Fsp3) is 1.00. The molecule has 0 unspecified atom stereocenters. The van der Waals surface area contributed by atoms with Crippen molar-refractivity contribution < 1.29 is 4.74 Å². The summed E-state index contributed by atoms with van der Waals surface area (Å²) in [5.74, 6) is 1.86. The van der Waals surface area contributed by atoms with Crippen molar-refractivity contribution in [1.82, 2.24) is 0 Å². The van der Waals surface area contributed by atoms with Crippen LogP contribution in [0.15, 0.2) is 0 Å². The molecule has 0 aromatic heterocycles. The molecule has 1 nitrogen and oxygen atoms in total. The molecular formula is C6H12OS. The molecule has 0 aliphatic heterocycles. The molecule has 0 N–H and O–H groups in total. The van der Waals surface area contributed by atoms with Crippen LogP contribution in [0.2, 0.25) is 0 Å². The van der Waals surface area contributed by atoms with E-state index in [1.807, 2.05) is 0 Å². The highest BCUT2D eigenvalue weighted by Gasteiger charge is 2.27. The van der Waals surface area contributed by atoms with E-state index in [0.29, 0.717) is 6.10 Å². The fourth-order valence-electron chi connectivity index (χ4n) is 1.02. The third-order valence-corrected chi connectivity index (χ3v) is 2.30. The molecule has 8 heavy (non-hydrogen) atoms. The van der Waals surface area contributed by atoms with Crippen LogP contribution in [0, 0.1) is 5.92 Å². The van der Waals surface area contributed by atoms with E-state index in [1.54, 1.807) is 7.11 Å². The van der Waals surface area contributed by atoms with Gasteiger partial charge in [0.15, 0.2) is 0 Å². The highest BCUT2D eigenvalue weighted by atomic mass is 32.1. The summed E-state index contributed by atoms with van der Waals surface area (Å²) in [5.41, 5.74) is 0. The zero-order valence-corrected chi connectivity index (χ0v) is 6.03. The Bertz CT molecular complexity index is 60.9. The number of thiol groups is 1. The minimum absolute atomic E-state index is 0.548. The van der Waals surface area contributed by atoms with Gasteiger partial charge in [-0.05, 0) is 24.5 Å². The van der Waals surface area contributed by atoms with Crippen molar-refractivity contribution in [2.45, 2.75) is 18.9 Å². The first-order valence-electron chi connectivity index (χ1n) is 3.00. The zero-order chi connectivity index (χ0) is 5.98. The highest BCUT2D eigenvalue weighted by molar-refractivity contribution is 7.80. The smallest absolute Gasteiger partial charge is 0.0577 e. The summed E-state index contributed by atoms with van der Waals surface area (Å²) in [4.78, 5) is 0. The van der Waals surface area contributed by atoms with Gasteiger partial charge < -0.3 is 4.74 Å². The lowest BCUT2D eigenvalue weighted by molar-refractivity contribution is 0.00916. The topological polar surface area (TPSA) is 9.23 Å². The maximum Gasteiger partial charge on any atom is 0.0577 e. The summed E-state index contributed by atoms with van der Waals surface area (Å²) >= 11 is 4.17. The first-order chi connectivity index (χ1) is 3.86. The predicted octanol–water partition coefficient (Wildman–Crippen LogP) is 1.34. The molecule has 0 saturated heterocycles. The van der Waals surface area contributed by atoms with Crippen molar-refractivity contribution >= 4 is 12.6 Å². The van der Waals surface area contributed by atoms with Gasteiger partial charge >= 0.3 is 0 Å². The average Bonchev–Trinajstić information content (AvgIpc) is 1.65. The minimum atomic E-state index is 0.548. The number of hydrogen-bond acceptors (Lipinski definition) is 2. The monoisotopic (exact) mass is 132 g/mol. The molecule has 1 saturated carbocycles. The van der Waals surface area contributed by atoms with Gasteiger partial charge in [-0.25, -0.2) is 0 Å². The molecule has 1 aliphatic rings. The van der Waals surface area contributed by atoms with Crippen LogP contribution >= 0.6 is 12.6 Å². The van der Waals surface area contributed by atoms with Gasteiger partial charge in [0.05, 0.1) is 6.10 Å². The third-order valence-electron chi connectivity index (χ3n) is 1.78. The van der Waals surface area contributed by atoms with Gasteiger partial charge in [0.1, 0.15) is 0 Å². The predicted molar refractivity (Wildman–Crippen MR) is 37.4 cm³/mol. The molecule has 0 bridgehead atoms. The van der Waals surface area contributed by atoms with Gasteiger partial charge in [-0.2, -0.15) is 12.6 Å². The summed E-state index contributed by atoms with van der Waals surface area (Å²) in [6, 6.07) is 0. The first kappa shape index (κ1) is 6.43. The summed E-state index contributed by atoms with van der Waals surface area (Å²) < 4.78 is 5.08. The summed E-state index contributed by atoms with van der Waals surface area (Å²) in [6.45, 7) is 0. The molecule has 0 spiro atoms. The van der Waals surface area contributed by atoms with Gasteiger partial charge in [0.2, 0.25) is 0 Å². The van der Waals surface area contributed by atoms with E-state index in [2.05, 4.69) is 12.6 Å². The van der Waals surface area contributed by atoms with E-state index < -0.39 is 0 Å². The van der Waals surface area contributed by atoms with Crippen molar-refractivity contribution in [2.24, 2.45) is 5.92 Å². The molecule has 0 amide bonds. The first-order valence-corrected chi connectivity index (χ1v) is 3.63. The third kappa shape index (κ3) is 1.17. The van der Waals surface area contributed by atoms with Crippen LogP contribution in [-0.2, 0) is 4.74 Å². The van der Waals surface area contributed by atoms with Crippen molar-refractivity contribution in [3.05, 3.63) is 0 Å². The maximum absolute atomic E-state index is 5.08. The molecule has 1 aliphatic carbocycles. The summed E-state index contributed by atoms with van der Waals surface area (Å²) in [7, 11) is 1.78. The molecule has 48 valence electrons. The Morgan fingerprint density at radius 1 is 1.62 bits per heavy atom. The molecule has 0 radical (unpaired) electrons. The van der Waals surface area contributed by atoms with Crippen LogP contribution in [-0.4, -0.2) is 19.0 Å². The molecule has 1 fully saturated rings. The average molecular weight is 132 g/mol. The normalized spacial score (nSPS) is 36.8. The lowest BCUT2D eigenvalue weighted by Gasteiger charge is -2.32. The fourth-order valence-corrected chi connectivity index (χ4v) is 1.31. The Kier molecular flexibility index (Phi) is 2.20. The Morgan fingerprint density at radius 3 is 2.62 bits per heavy atom. The Morgan fingerprint density at radius 2 is 2.25 bits per heavy atom. The van der Waals surface area contributed by atoms with Gasteiger partial charge in [-0.1, -0.05) is 0 Å². The Labute approximate surface area is 55.8 Å².